The van der Waals surface area contributed by atoms with Crippen molar-refractivity contribution >= 4 is 11.7 Å². The minimum absolute atomic E-state index is 0.0263. The molecule has 1 atom stereocenters. The first-order chi connectivity index (χ1) is 14.7. The van der Waals surface area contributed by atoms with E-state index < -0.39 is 0 Å². The Labute approximate surface area is 179 Å². The van der Waals surface area contributed by atoms with Gasteiger partial charge in [-0.15, -0.1) is 10.2 Å². The fraction of sp³-hybridized carbons (Fsp3) is 0.542. The molecule has 2 aromatic rings. The molecule has 2 saturated heterocycles. The van der Waals surface area contributed by atoms with Gasteiger partial charge in [-0.25, -0.2) is 0 Å². The predicted molar refractivity (Wildman–Crippen MR) is 120 cm³/mol. The summed E-state index contributed by atoms with van der Waals surface area (Å²) >= 11 is 0. The van der Waals surface area contributed by atoms with Crippen LogP contribution in [0.2, 0.25) is 0 Å². The van der Waals surface area contributed by atoms with Crippen molar-refractivity contribution in [1.29, 1.82) is 0 Å². The van der Waals surface area contributed by atoms with E-state index in [2.05, 4.69) is 50.4 Å². The van der Waals surface area contributed by atoms with Crippen LogP contribution in [-0.2, 0) is 4.79 Å². The van der Waals surface area contributed by atoms with Gasteiger partial charge < -0.3 is 15.1 Å². The molecular weight excluding hydrogens is 374 g/mol. The van der Waals surface area contributed by atoms with Crippen LogP contribution >= 0.6 is 0 Å². The summed E-state index contributed by atoms with van der Waals surface area (Å²) in [6.45, 7) is 7.78. The average molecular weight is 408 g/mol. The molecule has 0 spiro atoms. The Balaban J connectivity index is 1.30. The molecule has 4 rings (SSSR count). The van der Waals surface area contributed by atoms with Gasteiger partial charge in [0.25, 0.3) is 0 Å². The fourth-order valence-electron chi connectivity index (χ4n) is 4.52. The Bertz CT molecular complexity index is 832. The van der Waals surface area contributed by atoms with Crippen LogP contribution in [0.3, 0.4) is 0 Å². The lowest BCUT2D eigenvalue weighted by Gasteiger charge is -2.33. The number of rotatable bonds is 6. The number of carbonyl (C=O) groups excluding carboxylic acids is 1. The number of carbonyl (C=O) groups is 1. The molecule has 3 heterocycles. The van der Waals surface area contributed by atoms with Gasteiger partial charge in [0.15, 0.2) is 5.82 Å². The lowest BCUT2D eigenvalue weighted by atomic mass is 9.97. The van der Waals surface area contributed by atoms with Crippen molar-refractivity contribution in [1.82, 2.24) is 20.4 Å². The molecule has 0 saturated carbocycles. The summed E-state index contributed by atoms with van der Waals surface area (Å²) in [6, 6.07) is 12.4. The van der Waals surface area contributed by atoms with Gasteiger partial charge in [-0.05, 0) is 63.9 Å². The number of hydrogen-bond donors (Lipinski definition) is 1. The Kier molecular flexibility index (Phi) is 6.95. The van der Waals surface area contributed by atoms with Crippen LogP contribution in [0, 0.1) is 12.8 Å². The molecule has 1 N–H and O–H groups in total. The van der Waals surface area contributed by atoms with Gasteiger partial charge in [0.2, 0.25) is 5.91 Å². The summed E-state index contributed by atoms with van der Waals surface area (Å²) in [5, 5.41) is 12.1. The maximum absolute atomic E-state index is 12.7. The van der Waals surface area contributed by atoms with Crippen molar-refractivity contribution in [2.24, 2.45) is 5.92 Å². The monoisotopic (exact) mass is 407 g/mol. The molecular formula is C24H33N5O. The van der Waals surface area contributed by atoms with Gasteiger partial charge in [-0.1, -0.05) is 30.2 Å². The van der Waals surface area contributed by atoms with Crippen molar-refractivity contribution in [3.63, 3.8) is 0 Å². The minimum atomic E-state index is 0.0263. The number of nitrogens with one attached hydrogen (secondary N) is 1. The molecule has 2 fully saturated rings. The SMILES string of the molecule is Cc1cccc(-c2ccc(N3CCC[C@@H](C(=O)NCCN4CCCCC4)C3)nn2)c1. The fourth-order valence-corrected chi connectivity index (χ4v) is 4.52. The molecule has 1 amide bonds. The van der Waals surface area contributed by atoms with Crippen molar-refractivity contribution in [2.45, 2.75) is 39.0 Å². The molecule has 6 nitrogen and oxygen atoms in total. The van der Waals surface area contributed by atoms with E-state index in [1.165, 1.54) is 37.9 Å². The second-order valence-electron chi connectivity index (χ2n) is 8.62. The molecule has 6 heteroatoms. The van der Waals surface area contributed by atoms with Gasteiger partial charge in [0, 0.05) is 31.7 Å². The average Bonchev–Trinajstić information content (AvgIpc) is 2.80. The number of amides is 1. The van der Waals surface area contributed by atoms with E-state index >= 15 is 0 Å². The molecule has 30 heavy (non-hydrogen) atoms. The van der Waals surface area contributed by atoms with Crippen molar-refractivity contribution in [2.75, 3.05) is 44.2 Å². The first kappa shape index (κ1) is 20.8. The highest BCUT2D eigenvalue weighted by atomic mass is 16.1. The number of anilines is 1. The van der Waals surface area contributed by atoms with Gasteiger partial charge in [-0.2, -0.15) is 0 Å². The summed E-state index contributed by atoms with van der Waals surface area (Å²) in [6.07, 6.45) is 5.87. The third kappa shape index (κ3) is 5.36. The van der Waals surface area contributed by atoms with Gasteiger partial charge in [0.05, 0.1) is 11.6 Å². The zero-order valence-corrected chi connectivity index (χ0v) is 18.0. The Morgan fingerprint density at radius 3 is 2.70 bits per heavy atom. The van der Waals surface area contributed by atoms with Crippen molar-refractivity contribution < 1.29 is 4.79 Å². The summed E-state index contributed by atoms with van der Waals surface area (Å²) in [5.74, 6) is 1.07. The highest BCUT2D eigenvalue weighted by molar-refractivity contribution is 5.79. The van der Waals surface area contributed by atoms with Crippen molar-refractivity contribution in [3.8, 4) is 11.3 Å². The molecule has 0 bridgehead atoms. The second kappa shape index (κ2) is 10.0. The van der Waals surface area contributed by atoms with E-state index in [1.54, 1.807) is 0 Å². The summed E-state index contributed by atoms with van der Waals surface area (Å²) < 4.78 is 0. The summed E-state index contributed by atoms with van der Waals surface area (Å²) in [5.41, 5.74) is 3.17. The maximum Gasteiger partial charge on any atom is 0.224 e. The molecule has 2 aliphatic heterocycles. The minimum Gasteiger partial charge on any atom is -0.355 e. The van der Waals surface area contributed by atoms with Gasteiger partial charge in [0.1, 0.15) is 0 Å². The van der Waals surface area contributed by atoms with Crippen molar-refractivity contribution in [3.05, 3.63) is 42.0 Å². The van der Waals surface area contributed by atoms with Crippen LogP contribution < -0.4 is 10.2 Å². The van der Waals surface area contributed by atoms with Gasteiger partial charge in [-0.3, -0.25) is 4.79 Å². The number of aryl methyl sites for hydroxylation is 1. The van der Waals surface area contributed by atoms with Gasteiger partial charge >= 0.3 is 0 Å². The van der Waals surface area contributed by atoms with Crippen LogP contribution in [0.4, 0.5) is 5.82 Å². The van der Waals surface area contributed by atoms with Crippen LogP contribution in [0.1, 0.15) is 37.7 Å². The normalized spacial score (nSPS) is 20.2. The van der Waals surface area contributed by atoms with Crippen LogP contribution in [0.15, 0.2) is 36.4 Å². The topological polar surface area (TPSA) is 61.4 Å². The summed E-state index contributed by atoms with van der Waals surface area (Å²) in [7, 11) is 0. The molecule has 160 valence electrons. The molecule has 1 aromatic heterocycles. The number of piperidine rings is 2. The molecule has 2 aliphatic rings. The molecule has 0 unspecified atom stereocenters. The van der Waals surface area contributed by atoms with E-state index in [-0.39, 0.29) is 11.8 Å². The van der Waals surface area contributed by atoms with Crippen LogP contribution in [-0.4, -0.2) is 60.3 Å². The molecule has 0 radical (unpaired) electrons. The smallest absolute Gasteiger partial charge is 0.224 e. The zero-order valence-electron chi connectivity index (χ0n) is 18.0. The first-order valence-electron chi connectivity index (χ1n) is 11.3. The lowest BCUT2D eigenvalue weighted by molar-refractivity contribution is -0.125. The maximum atomic E-state index is 12.7. The number of likely N-dealkylation sites (tertiary alicyclic amines) is 1. The van der Waals surface area contributed by atoms with E-state index in [0.29, 0.717) is 6.54 Å². The quantitative estimate of drug-likeness (QED) is 0.796. The Hall–Kier alpha value is -2.47. The Morgan fingerprint density at radius 2 is 1.93 bits per heavy atom. The summed E-state index contributed by atoms with van der Waals surface area (Å²) in [4.78, 5) is 17.4. The van der Waals surface area contributed by atoms with E-state index in [0.717, 1.165) is 49.6 Å². The predicted octanol–water partition coefficient (Wildman–Crippen LogP) is 3.27. The van der Waals surface area contributed by atoms with E-state index in [4.69, 9.17) is 0 Å². The third-order valence-electron chi connectivity index (χ3n) is 6.26. The van der Waals surface area contributed by atoms with E-state index in [1.807, 2.05) is 18.2 Å². The first-order valence-corrected chi connectivity index (χ1v) is 11.3. The molecule has 0 aliphatic carbocycles. The molecule has 1 aromatic carbocycles. The highest BCUT2D eigenvalue weighted by Gasteiger charge is 2.26. The largest absolute Gasteiger partial charge is 0.355 e. The third-order valence-corrected chi connectivity index (χ3v) is 6.26. The lowest BCUT2D eigenvalue weighted by Crippen LogP contribution is -2.45. The number of benzene rings is 1. The Morgan fingerprint density at radius 1 is 1.07 bits per heavy atom. The number of nitrogens with zero attached hydrogens (tertiary/aromatic N) is 4. The highest BCUT2D eigenvalue weighted by Crippen LogP contribution is 2.24. The standard InChI is InChI=1S/C24H33N5O/c1-19-7-5-8-20(17-19)22-10-11-23(27-26-22)29-15-6-9-21(18-29)24(30)25-12-16-28-13-3-2-4-14-28/h5,7-8,10-11,17,21H,2-4,6,9,12-16,18H2,1H3,(H,25,30)/t21-/m1/s1. The number of hydrogen-bond acceptors (Lipinski definition) is 5. The van der Waals surface area contributed by atoms with Crippen LogP contribution in [0.5, 0.6) is 0 Å². The number of aromatic nitrogens is 2. The zero-order chi connectivity index (χ0) is 20.8. The second-order valence-corrected chi connectivity index (χ2v) is 8.62. The van der Waals surface area contributed by atoms with E-state index in [9.17, 15) is 4.79 Å². The van der Waals surface area contributed by atoms with Crippen LogP contribution in [0.25, 0.3) is 11.3 Å².